The minimum Gasteiger partial charge on any atom is -0.337 e. The van der Waals surface area contributed by atoms with Gasteiger partial charge in [-0.15, -0.1) is 0 Å². The number of piperidine rings is 3. The molecule has 1 atom stereocenters. The molecule has 96 valence electrons. The second-order valence-electron chi connectivity index (χ2n) is 5.36. The summed E-state index contributed by atoms with van der Waals surface area (Å²) in [6, 6.07) is 4.03. The van der Waals surface area contributed by atoms with Crippen LogP contribution in [0.25, 0.3) is 0 Å². The molecule has 2 bridgehead atoms. The van der Waals surface area contributed by atoms with Crippen molar-refractivity contribution >= 4 is 5.91 Å². The number of fused-ring (bicyclic) bond motifs is 3. The van der Waals surface area contributed by atoms with Gasteiger partial charge in [-0.3, -0.25) is 9.78 Å². The van der Waals surface area contributed by atoms with Crippen molar-refractivity contribution in [2.24, 2.45) is 5.92 Å². The Labute approximate surface area is 108 Å². The average Bonchev–Trinajstić information content (AvgIpc) is 2.48. The van der Waals surface area contributed by atoms with Crippen LogP contribution in [0.2, 0.25) is 0 Å². The zero-order valence-corrected chi connectivity index (χ0v) is 10.7. The monoisotopic (exact) mass is 245 g/mol. The quantitative estimate of drug-likeness (QED) is 0.787. The third kappa shape index (κ3) is 2.01. The van der Waals surface area contributed by atoms with Crippen LogP contribution >= 0.6 is 0 Å². The van der Waals surface area contributed by atoms with Crippen LogP contribution in [0.4, 0.5) is 0 Å². The van der Waals surface area contributed by atoms with Gasteiger partial charge in [0.25, 0.3) is 5.91 Å². The summed E-state index contributed by atoms with van der Waals surface area (Å²) < 4.78 is 0. The van der Waals surface area contributed by atoms with Crippen LogP contribution in [-0.2, 0) is 0 Å². The summed E-state index contributed by atoms with van der Waals surface area (Å²) in [5.41, 5.74) is 0.691. The lowest BCUT2D eigenvalue weighted by molar-refractivity contribution is 0.0162. The molecule has 0 N–H and O–H groups in total. The van der Waals surface area contributed by atoms with Gasteiger partial charge in [0, 0.05) is 32.0 Å². The molecule has 0 radical (unpaired) electrons. The fourth-order valence-corrected chi connectivity index (χ4v) is 3.22. The number of carbonyl (C=O) groups is 1. The van der Waals surface area contributed by atoms with E-state index in [9.17, 15) is 4.79 Å². The van der Waals surface area contributed by atoms with Crippen molar-refractivity contribution in [3.8, 4) is 0 Å². The molecule has 18 heavy (non-hydrogen) atoms. The lowest BCUT2D eigenvalue weighted by atomic mass is 9.83. The molecule has 4 nitrogen and oxygen atoms in total. The molecular weight excluding hydrogens is 226 g/mol. The average molecular weight is 245 g/mol. The van der Waals surface area contributed by atoms with Gasteiger partial charge in [0.2, 0.25) is 0 Å². The number of hydrogen-bond acceptors (Lipinski definition) is 3. The maximum atomic E-state index is 12.4. The van der Waals surface area contributed by atoms with Crippen LogP contribution in [0.5, 0.6) is 0 Å². The van der Waals surface area contributed by atoms with Gasteiger partial charge < -0.3 is 9.80 Å². The third-order valence-corrected chi connectivity index (χ3v) is 4.35. The molecule has 0 saturated carbocycles. The van der Waals surface area contributed by atoms with Crippen molar-refractivity contribution in [2.45, 2.75) is 18.9 Å². The van der Waals surface area contributed by atoms with Crippen LogP contribution in [0, 0.1) is 5.92 Å². The van der Waals surface area contributed by atoms with Gasteiger partial charge >= 0.3 is 0 Å². The van der Waals surface area contributed by atoms with Crippen molar-refractivity contribution < 1.29 is 4.79 Å². The molecule has 0 aromatic carbocycles. The molecule has 0 aliphatic carbocycles. The number of nitrogens with zero attached hydrogens (tertiary/aromatic N) is 3. The van der Waals surface area contributed by atoms with Crippen LogP contribution in [0.3, 0.4) is 0 Å². The van der Waals surface area contributed by atoms with E-state index < -0.39 is 0 Å². The zero-order chi connectivity index (χ0) is 12.5. The highest BCUT2D eigenvalue weighted by atomic mass is 16.2. The number of aromatic nitrogens is 1. The molecule has 3 aliphatic heterocycles. The first-order valence-electron chi connectivity index (χ1n) is 6.65. The van der Waals surface area contributed by atoms with Gasteiger partial charge in [-0.1, -0.05) is 0 Å². The zero-order valence-electron chi connectivity index (χ0n) is 10.7. The summed E-state index contributed by atoms with van der Waals surface area (Å²) in [4.78, 5) is 20.8. The Bertz CT molecular complexity index is 426. The van der Waals surface area contributed by atoms with Crippen molar-refractivity contribution in [3.63, 3.8) is 0 Å². The first-order valence-corrected chi connectivity index (χ1v) is 6.65. The minimum atomic E-state index is 0.0989. The molecule has 1 aromatic heterocycles. The van der Waals surface area contributed by atoms with Crippen molar-refractivity contribution in [1.82, 2.24) is 14.8 Å². The second-order valence-corrected chi connectivity index (χ2v) is 5.36. The van der Waals surface area contributed by atoms with E-state index in [1.165, 1.54) is 25.9 Å². The number of hydrogen-bond donors (Lipinski definition) is 0. The molecule has 0 unspecified atom stereocenters. The van der Waals surface area contributed by atoms with Gasteiger partial charge in [-0.25, -0.2) is 0 Å². The van der Waals surface area contributed by atoms with E-state index in [0.29, 0.717) is 17.5 Å². The minimum absolute atomic E-state index is 0.0989. The molecule has 1 aromatic rings. The van der Waals surface area contributed by atoms with Crippen molar-refractivity contribution in [2.75, 3.05) is 26.7 Å². The molecule has 4 heterocycles. The van der Waals surface area contributed by atoms with Gasteiger partial charge in [-0.2, -0.15) is 0 Å². The van der Waals surface area contributed by atoms with Crippen LogP contribution in [0.1, 0.15) is 23.2 Å². The largest absolute Gasteiger partial charge is 0.337 e. The van der Waals surface area contributed by atoms with E-state index in [0.717, 1.165) is 6.54 Å². The summed E-state index contributed by atoms with van der Waals surface area (Å²) >= 11 is 0. The first-order chi connectivity index (χ1) is 8.75. The van der Waals surface area contributed by atoms with Crippen LogP contribution in [-0.4, -0.2) is 53.4 Å². The van der Waals surface area contributed by atoms with Crippen LogP contribution < -0.4 is 0 Å². The predicted molar refractivity (Wildman–Crippen MR) is 69.3 cm³/mol. The highest BCUT2D eigenvalue weighted by molar-refractivity contribution is 5.93. The number of amides is 1. The number of rotatable bonds is 2. The molecular formula is C14H19N3O. The molecule has 4 rings (SSSR count). The van der Waals surface area contributed by atoms with E-state index in [-0.39, 0.29) is 5.91 Å². The molecule has 3 aliphatic rings. The maximum absolute atomic E-state index is 12.4. The summed E-state index contributed by atoms with van der Waals surface area (Å²) in [7, 11) is 1.93. The van der Waals surface area contributed by atoms with Crippen molar-refractivity contribution in [1.29, 1.82) is 0 Å². The summed E-state index contributed by atoms with van der Waals surface area (Å²) in [6.07, 6.45) is 5.82. The smallest absolute Gasteiger partial charge is 0.255 e. The van der Waals surface area contributed by atoms with E-state index >= 15 is 0 Å². The fourth-order valence-electron chi connectivity index (χ4n) is 3.22. The molecule has 3 fully saturated rings. The Kier molecular flexibility index (Phi) is 3.04. The standard InChI is InChI=1S/C14H19N3O/c1-16(14(18)12-3-2-6-15-9-12)13-10-17-7-4-11(13)5-8-17/h2-3,6,9,11,13H,4-5,7-8,10H2,1H3/t13-/m0/s1. The topological polar surface area (TPSA) is 36.4 Å². The van der Waals surface area contributed by atoms with E-state index in [4.69, 9.17) is 0 Å². The Hall–Kier alpha value is -1.42. The second kappa shape index (κ2) is 4.69. The summed E-state index contributed by atoms with van der Waals surface area (Å²) in [5, 5.41) is 0. The summed E-state index contributed by atoms with van der Waals surface area (Å²) in [6.45, 7) is 3.44. The van der Waals surface area contributed by atoms with Crippen molar-refractivity contribution in [3.05, 3.63) is 30.1 Å². The summed E-state index contributed by atoms with van der Waals surface area (Å²) in [5.74, 6) is 0.780. The lowest BCUT2D eigenvalue weighted by Gasteiger charge is -2.48. The Morgan fingerprint density at radius 1 is 1.44 bits per heavy atom. The number of pyridine rings is 1. The Morgan fingerprint density at radius 3 is 2.78 bits per heavy atom. The lowest BCUT2D eigenvalue weighted by Crippen LogP contribution is -2.57. The molecule has 0 spiro atoms. The highest BCUT2D eigenvalue weighted by Crippen LogP contribution is 2.30. The SMILES string of the molecule is CN(C(=O)c1cccnc1)[C@H]1CN2CCC1CC2. The van der Waals surface area contributed by atoms with Crippen LogP contribution in [0.15, 0.2) is 24.5 Å². The van der Waals surface area contributed by atoms with Gasteiger partial charge in [-0.05, 0) is 44.0 Å². The maximum Gasteiger partial charge on any atom is 0.255 e. The van der Waals surface area contributed by atoms with Gasteiger partial charge in [0.05, 0.1) is 5.56 Å². The Balaban J connectivity index is 1.75. The third-order valence-electron chi connectivity index (χ3n) is 4.35. The number of carbonyl (C=O) groups excluding carboxylic acids is 1. The van der Waals surface area contributed by atoms with E-state index in [1.807, 2.05) is 24.1 Å². The van der Waals surface area contributed by atoms with E-state index in [1.54, 1.807) is 12.4 Å². The first kappa shape index (κ1) is 11.7. The highest BCUT2D eigenvalue weighted by Gasteiger charge is 2.37. The predicted octanol–water partition coefficient (Wildman–Crippen LogP) is 1.25. The normalized spacial score (nSPS) is 30.2. The fraction of sp³-hybridized carbons (Fsp3) is 0.571. The molecule has 3 saturated heterocycles. The molecule has 4 heteroatoms. The van der Waals surface area contributed by atoms with Gasteiger partial charge in [0.15, 0.2) is 0 Å². The van der Waals surface area contributed by atoms with Gasteiger partial charge in [0.1, 0.15) is 0 Å². The van der Waals surface area contributed by atoms with E-state index in [2.05, 4.69) is 9.88 Å². The number of likely N-dealkylation sites (N-methyl/N-ethyl adjacent to an activating group) is 1. The Morgan fingerprint density at radius 2 is 2.22 bits per heavy atom. The molecule has 1 amide bonds.